The lowest BCUT2D eigenvalue weighted by atomic mass is 10.0. The van der Waals surface area contributed by atoms with Crippen molar-refractivity contribution in [2.45, 2.75) is 18.9 Å². The molecular formula is C34H35F2N5O6. The van der Waals surface area contributed by atoms with Gasteiger partial charge in [-0.15, -0.1) is 0 Å². The summed E-state index contributed by atoms with van der Waals surface area (Å²) in [4.78, 5) is 60.2. The van der Waals surface area contributed by atoms with Crippen molar-refractivity contribution in [1.82, 2.24) is 20.1 Å². The molecule has 0 saturated carbocycles. The first-order valence-electron chi connectivity index (χ1n) is 14.9. The summed E-state index contributed by atoms with van der Waals surface area (Å²) in [5, 5.41) is 3.50. The largest absolute Gasteiger partial charge is 0.497 e. The quantitative estimate of drug-likeness (QED) is 0.258. The number of fused-ring (bicyclic) bond motifs is 1. The molecule has 13 heteroatoms. The summed E-state index contributed by atoms with van der Waals surface area (Å²) in [7, 11) is 4.59. The van der Waals surface area contributed by atoms with E-state index in [2.05, 4.69) is 10.3 Å². The number of amides is 4. The van der Waals surface area contributed by atoms with Gasteiger partial charge >= 0.3 is 0 Å². The van der Waals surface area contributed by atoms with Crippen LogP contribution in [0.5, 0.6) is 11.5 Å². The number of hydrogen-bond donors (Lipinski definition) is 2. The molecule has 1 saturated heterocycles. The number of carbonyl (C=O) groups excluding carboxylic acids is 4. The fourth-order valence-corrected chi connectivity index (χ4v) is 5.54. The second-order valence-corrected chi connectivity index (χ2v) is 11.2. The van der Waals surface area contributed by atoms with E-state index < -0.39 is 35.4 Å². The van der Waals surface area contributed by atoms with E-state index in [0.717, 1.165) is 34.7 Å². The number of likely N-dealkylation sites (N-methyl/N-ethyl adjacent to an activating group) is 1. The number of rotatable bonds is 11. The third-order valence-corrected chi connectivity index (χ3v) is 8.11. The highest BCUT2D eigenvalue weighted by Gasteiger charge is 2.31. The van der Waals surface area contributed by atoms with E-state index >= 15 is 0 Å². The molecular weight excluding hydrogens is 612 g/mol. The average Bonchev–Trinajstić information content (AvgIpc) is 3.45. The number of carbonyl (C=O) groups is 4. The minimum atomic E-state index is -1.21. The molecule has 0 radical (unpaired) electrons. The maximum absolute atomic E-state index is 14.0. The van der Waals surface area contributed by atoms with Crippen LogP contribution in [0.1, 0.15) is 11.1 Å². The average molecular weight is 648 g/mol. The fraction of sp³-hybridized carbons (Fsp3) is 0.294. The Labute approximate surface area is 270 Å². The van der Waals surface area contributed by atoms with Crippen LogP contribution in [-0.2, 0) is 32.0 Å². The topological polar surface area (TPSA) is 124 Å². The highest BCUT2D eigenvalue weighted by molar-refractivity contribution is 5.99. The summed E-state index contributed by atoms with van der Waals surface area (Å²) < 4.78 is 38.4. The molecule has 1 aliphatic heterocycles. The molecule has 0 spiro atoms. The molecule has 2 N–H and O–H groups in total. The van der Waals surface area contributed by atoms with Crippen LogP contribution in [0.15, 0.2) is 66.9 Å². The van der Waals surface area contributed by atoms with Crippen LogP contribution in [-0.4, -0.2) is 91.9 Å². The van der Waals surface area contributed by atoms with E-state index in [4.69, 9.17) is 9.47 Å². The molecule has 0 unspecified atom stereocenters. The van der Waals surface area contributed by atoms with Gasteiger partial charge in [0.05, 0.1) is 33.7 Å². The van der Waals surface area contributed by atoms with Gasteiger partial charge in [-0.1, -0.05) is 0 Å². The van der Waals surface area contributed by atoms with Gasteiger partial charge in [0.25, 0.3) is 0 Å². The Morgan fingerprint density at radius 2 is 1.64 bits per heavy atom. The summed E-state index contributed by atoms with van der Waals surface area (Å²) in [6.45, 7) is -0.243. The smallest absolute Gasteiger partial charge is 0.249 e. The van der Waals surface area contributed by atoms with Crippen molar-refractivity contribution in [2.75, 3.05) is 52.3 Å². The minimum absolute atomic E-state index is 0.0765. The Balaban J connectivity index is 1.23. The van der Waals surface area contributed by atoms with E-state index in [9.17, 15) is 28.0 Å². The Morgan fingerprint density at radius 3 is 2.30 bits per heavy atom. The number of anilines is 1. The van der Waals surface area contributed by atoms with E-state index in [1.54, 1.807) is 37.6 Å². The molecule has 5 rings (SSSR count). The third kappa shape index (κ3) is 7.86. The van der Waals surface area contributed by atoms with Gasteiger partial charge in [-0.25, -0.2) is 8.78 Å². The molecule has 1 fully saturated rings. The van der Waals surface area contributed by atoms with Gasteiger partial charge in [-0.2, -0.15) is 0 Å². The Kier molecular flexibility index (Phi) is 10.0. The van der Waals surface area contributed by atoms with Crippen LogP contribution in [0.4, 0.5) is 14.5 Å². The van der Waals surface area contributed by atoms with Crippen molar-refractivity contribution in [1.29, 1.82) is 0 Å². The zero-order chi connectivity index (χ0) is 33.7. The molecule has 11 nitrogen and oxygen atoms in total. The standard InChI is InChI=1S/C34H35F2N5O6/c1-39(25-4-6-26(46-2)7-5-25)34(45)30(14-21-12-23(35)16-24(36)13-21)38-31(42)19-40-10-11-41(20-33(40)44)32(43)15-22-18-37-29-9-8-27(47-3)17-28(22)29/h4-9,12-13,16-18,30,37H,10-11,14-15,19-20H2,1-3H3,(H,38,42)/t30-/m0/s1. The number of ether oxygens (including phenoxy) is 2. The van der Waals surface area contributed by atoms with Crippen LogP contribution >= 0.6 is 0 Å². The van der Waals surface area contributed by atoms with E-state index in [-0.39, 0.29) is 50.5 Å². The van der Waals surface area contributed by atoms with Gasteiger partial charge in [0.15, 0.2) is 0 Å². The number of H-pyrrole nitrogens is 1. The molecule has 4 amide bonds. The van der Waals surface area contributed by atoms with Crippen LogP contribution in [0.2, 0.25) is 0 Å². The number of nitrogens with one attached hydrogen (secondary N) is 2. The first kappa shape index (κ1) is 32.9. The van der Waals surface area contributed by atoms with Gasteiger partial charge in [-0.3, -0.25) is 19.2 Å². The Bertz CT molecular complexity index is 1770. The number of nitrogens with zero attached hydrogens (tertiary/aromatic N) is 3. The lowest BCUT2D eigenvalue weighted by molar-refractivity contribution is -0.146. The van der Waals surface area contributed by atoms with Crippen molar-refractivity contribution in [3.63, 3.8) is 0 Å². The zero-order valence-electron chi connectivity index (χ0n) is 26.2. The summed E-state index contributed by atoms with van der Waals surface area (Å²) >= 11 is 0. The SMILES string of the molecule is COc1ccc(N(C)C(=O)[C@H](Cc2cc(F)cc(F)c2)NC(=O)CN2CCN(C(=O)Cc3c[nH]c4ccc(OC)cc34)CC2=O)cc1. The van der Waals surface area contributed by atoms with E-state index in [0.29, 0.717) is 17.2 Å². The normalized spacial score (nSPS) is 13.8. The number of aromatic nitrogens is 1. The van der Waals surface area contributed by atoms with Gasteiger partial charge < -0.3 is 34.5 Å². The molecule has 3 aromatic carbocycles. The first-order valence-corrected chi connectivity index (χ1v) is 14.9. The minimum Gasteiger partial charge on any atom is -0.497 e. The lowest BCUT2D eigenvalue weighted by Gasteiger charge is -2.34. The molecule has 1 atom stereocenters. The molecule has 0 aliphatic carbocycles. The molecule has 47 heavy (non-hydrogen) atoms. The van der Waals surface area contributed by atoms with Crippen molar-refractivity contribution < 1.29 is 37.4 Å². The molecule has 4 aromatic rings. The van der Waals surface area contributed by atoms with Gasteiger partial charge in [0.1, 0.15) is 29.2 Å². The second-order valence-electron chi connectivity index (χ2n) is 11.2. The predicted molar refractivity (Wildman–Crippen MR) is 170 cm³/mol. The van der Waals surface area contributed by atoms with Gasteiger partial charge in [0, 0.05) is 55.4 Å². The van der Waals surface area contributed by atoms with Crippen LogP contribution < -0.4 is 19.7 Å². The van der Waals surface area contributed by atoms with Crippen molar-refractivity contribution >= 4 is 40.2 Å². The maximum atomic E-state index is 14.0. The monoisotopic (exact) mass is 647 g/mol. The lowest BCUT2D eigenvalue weighted by Crippen LogP contribution is -2.56. The first-order chi connectivity index (χ1) is 22.5. The van der Waals surface area contributed by atoms with Crippen LogP contribution in [0.25, 0.3) is 10.9 Å². The number of piperazine rings is 1. The van der Waals surface area contributed by atoms with Crippen molar-refractivity contribution in [2.24, 2.45) is 0 Å². The highest BCUT2D eigenvalue weighted by atomic mass is 19.1. The molecule has 0 bridgehead atoms. The molecule has 1 aromatic heterocycles. The fourth-order valence-electron chi connectivity index (χ4n) is 5.54. The summed E-state index contributed by atoms with van der Waals surface area (Å²) in [5.74, 6) is -2.22. The van der Waals surface area contributed by atoms with Gasteiger partial charge in [0.2, 0.25) is 23.6 Å². The molecule has 2 heterocycles. The summed E-state index contributed by atoms with van der Waals surface area (Å²) in [6.07, 6.45) is 1.63. The van der Waals surface area contributed by atoms with Crippen molar-refractivity contribution in [3.8, 4) is 11.5 Å². The number of benzene rings is 3. The summed E-state index contributed by atoms with van der Waals surface area (Å²) in [5.41, 5.74) is 2.30. The maximum Gasteiger partial charge on any atom is 0.249 e. The third-order valence-electron chi connectivity index (χ3n) is 8.11. The number of aromatic amines is 1. The van der Waals surface area contributed by atoms with Crippen LogP contribution in [0.3, 0.4) is 0 Å². The number of halogens is 2. The van der Waals surface area contributed by atoms with Gasteiger partial charge in [-0.05, 0) is 65.7 Å². The zero-order valence-corrected chi connectivity index (χ0v) is 26.2. The Morgan fingerprint density at radius 1 is 0.957 bits per heavy atom. The van der Waals surface area contributed by atoms with Crippen molar-refractivity contribution in [3.05, 3.63) is 89.6 Å². The van der Waals surface area contributed by atoms with Crippen LogP contribution in [0, 0.1) is 11.6 Å². The second kappa shape index (κ2) is 14.3. The molecule has 246 valence electrons. The number of methoxy groups -OCH3 is 2. The van der Waals surface area contributed by atoms with E-state index in [1.165, 1.54) is 28.9 Å². The Hall–Kier alpha value is -5.46. The van der Waals surface area contributed by atoms with E-state index in [1.807, 2.05) is 18.2 Å². The summed E-state index contributed by atoms with van der Waals surface area (Å²) in [6, 6.07) is 13.9. The predicted octanol–water partition coefficient (Wildman–Crippen LogP) is 3.07. The number of hydrogen-bond acceptors (Lipinski definition) is 6. The molecule has 1 aliphatic rings. The highest BCUT2D eigenvalue weighted by Crippen LogP contribution is 2.25.